The summed E-state index contributed by atoms with van der Waals surface area (Å²) in [6.45, 7) is 7.79. The summed E-state index contributed by atoms with van der Waals surface area (Å²) in [7, 11) is 1.62. The number of fused-ring (bicyclic) bond motifs is 1. The number of nitrogens with zero attached hydrogens (tertiary/aromatic N) is 3. The predicted octanol–water partition coefficient (Wildman–Crippen LogP) is 4.05. The van der Waals surface area contributed by atoms with Crippen molar-refractivity contribution in [2.45, 2.75) is 20.8 Å². The van der Waals surface area contributed by atoms with Crippen molar-refractivity contribution in [2.75, 3.05) is 30.4 Å². The molecule has 6 nitrogen and oxygen atoms in total. The number of aromatic nitrogens is 2. The fourth-order valence-electron chi connectivity index (χ4n) is 3.00. The molecule has 2 aromatic heterocycles. The van der Waals surface area contributed by atoms with Gasteiger partial charge >= 0.3 is 0 Å². The average molecular weight is 364 g/mol. The second kappa shape index (κ2) is 8.03. The first kappa shape index (κ1) is 18.6. The van der Waals surface area contributed by atoms with Crippen LogP contribution < -0.4 is 15.0 Å². The van der Waals surface area contributed by atoms with Crippen LogP contribution in [0.4, 0.5) is 11.5 Å². The highest BCUT2D eigenvalue weighted by molar-refractivity contribution is 6.06. The minimum Gasteiger partial charge on any atom is -0.497 e. The van der Waals surface area contributed by atoms with Gasteiger partial charge in [0, 0.05) is 18.5 Å². The first-order valence-electron chi connectivity index (χ1n) is 9.03. The molecule has 0 radical (unpaired) electrons. The van der Waals surface area contributed by atoms with E-state index in [1.807, 2.05) is 43.3 Å². The molecule has 0 saturated carbocycles. The molecule has 140 valence electrons. The van der Waals surface area contributed by atoms with E-state index in [0.717, 1.165) is 35.6 Å². The number of methoxy groups -OCH3 is 1. The van der Waals surface area contributed by atoms with Crippen LogP contribution in [0.25, 0.3) is 10.9 Å². The van der Waals surface area contributed by atoms with Crippen molar-refractivity contribution in [1.82, 2.24) is 9.97 Å². The topological polar surface area (TPSA) is 67.4 Å². The summed E-state index contributed by atoms with van der Waals surface area (Å²) < 4.78 is 5.26. The number of carbonyl (C=O) groups excluding carboxylic acids is 1. The van der Waals surface area contributed by atoms with Crippen molar-refractivity contribution in [3.8, 4) is 5.75 Å². The van der Waals surface area contributed by atoms with Gasteiger partial charge in [-0.05, 0) is 57.2 Å². The third-order valence-electron chi connectivity index (χ3n) is 4.55. The number of anilines is 2. The third-order valence-corrected chi connectivity index (χ3v) is 4.55. The van der Waals surface area contributed by atoms with Crippen molar-refractivity contribution in [2.24, 2.45) is 0 Å². The minimum atomic E-state index is -0.206. The monoisotopic (exact) mass is 364 g/mol. The van der Waals surface area contributed by atoms with Gasteiger partial charge in [-0.3, -0.25) is 9.78 Å². The molecule has 1 aromatic carbocycles. The Kier molecular flexibility index (Phi) is 5.54. The van der Waals surface area contributed by atoms with Crippen LogP contribution >= 0.6 is 0 Å². The molecular weight excluding hydrogens is 340 g/mol. The lowest BCUT2D eigenvalue weighted by atomic mass is 10.1. The van der Waals surface area contributed by atoms with Crippen LogP contribution in [0, 0.1) is 6.92 Å². The molecule has 1 N–H and O–H groups in total. The summed E-state index contributed by atoms with van der Waals surface area (Å²) in [5.41, 5.74) is 2.69. The van der Waals surface area contributed by atoms with E-state index in [-0.39, 0.29) is 5.91 Å². The average Bonchev–Trinajstić information content (AvgIpc) is 2.69. The van der Waals surface area contributed by atoms with Gasteiger partial charge in [0.05, 0.1) is 35.8 Å². The summed E-state index contributed by atoms with van der Waals surface area (Å²) >= 11 is 0. The van der Waals surface area contributed by atoms with Crippen LogP contribution in [0.3, 0.4) is 0 Å². The van der Waals surface area contributed by atoms with Crippen molar-refractivity contribution in [1.29, 1.82) is 0 Å². The summed E-state index contributed by atoms with van der Waals surface area (Å²) in [5.74, 6) is 1.42. The zero-order valence-corrected chi connectivity index (χ0v) is 16.1. The lowest BCUT2D eigenvalue weighted by molar-refractivity contribution is 0.102. The van der Waals surface area contributed by atoms with Gasteiger partial charge in [0.1, 0.15) is 11.6 Å². The molecule has 0 aliphatic carbocycles. The number of pyridine rings is 2. The van der Waals surface area contributed by atoms with Gasteiger partial charge in [-0.1, -0.05) is 0 Å². The normalized spacial score (nSPS) is 10.7. The number of hydrogen-bond acceptors (Lipinski definition) is 5. The maximum atomic E-state index is 12.7. The summed E-state index contributed by atoms with van der Waals surface area (Å²) in [6.07, 6.45) is 1.68. The Hall–Kier alpha value is -3.15. The highest BCUT2D eigenvalue weighted by atomic mass is 16.5. The molecule has 0 fully saturated rings. The largest absolute Gasteiger partial charge is 0.497 e. The first-order chi connectivity index (χ1) is 13.0. The van der Waals surface area contributed by atoms with E-state index in [9.17, 15) is 4.79 Å². The lowest BCUT2D eigenvalue weighted by Gasteiger charge is -2.19. The van der Waals surface area contributed by atoms with Gasteiger partial charge in [0.25, 0.3) is 5.91 Å². The van der Waals surface area contributed by atoms with Crippen molar-refractivity contribution in [3.63, 3.8) is 0 Å². The zero-order chi connectivity index (χ0) is 19.4. The SMILES string of the molecule is CCN(CC)c1ccc(NC(=O)c2cc3cc(OC)ccc3nc2C)cn1. The Morgan fingerprint density at radius 2 is 1.93 bits per heavy atom. The summed E-state index contributed by atoms with van der Waals surface area (Å²) in [6, 6.07) is 11.2. The first-order valence-corrected chi connectivity index (χ1v) is 9.03. The van der Waals surface area contributed by atoms with Crippen molar-refractivity contribution in [3.05, 3.63) is 53.9 Å². The molecule has 0 saturated heterocycles. The Balaban J connectivity index is 1.84. The Morgan fingerprint density at radius 1 is 1.15 bits per heavy atom. The molecule has 3 rings (SSSR count). The number of rotatable bonds is 6. The van der Waals surface area contributed by atoms with Crippen LogP contribution in [0.1, 0.15) is 29.9 Å². The molecular formula is C21H24N4O2. The van der Waals surface area contributed by atoms with Crippen LogP contribution in [0.2, 0.25) is 0 Å². The van der Waals surface area contributed by atoms with Crippen LogP contribution in [0.5, 0.6) is 5.75 Å². The number of aryl methyl sites for hydroxylation is 1. The van der Waals surface area contributed by atoms with E-state index in [2.05, 4.69) is 34.0 Å². The molecule has 0 aliphatic heterocycles. The Morgan fingerprint density at radius 3 is 2.56 bits per heavy atom. The smallest absolute Gasteiger partial charge is 0.257 e. The fraction of sp³-hybridized carbons (Fsp3) is 0.286. The number of benzene rings is 1. The quantitative estimate of drug-likeness (QED) is 0.715. The fourth-order valence-corrected chi connectivity index (χ4v) is 3.00. The Bertz CT molecular complexity index is 950. The second-order valence-electron chi connectivity index (χ2n) is 6.21. The van der Waals surface area contributed by atoms with Gasteiger partial charge in [-0.2, -0.15) is 0 Å². The number of amides is 1. The molecule has 6 heteroatoms. The van der Waals surface area contributed by atoms with Gasteiger partial charge in [0.2, 0.25) is 0 Å². The van der Waals surface area contributed by atoms with Crippen molar-refractivity contribution < 1.29 is 9.53 Å². The molecule has 3 aromatic rings. The zero-order valence-electron chi connectivity index (χ0n) is 16.1. The highest BCUT2D eigenvalue weighted by Crippen LogP contribution is 2.23. The van der Waals surface area contributed by atoms with Crippen LogP contribution in [-0.4, -0.2) is 36.1 Å². The highest BCUT2D eigenvalue weighted by Gasteiger charge is 2.13. The molecule has 0 bridgehead atoms. The second-order valence-corrected chi connectivity index (χ2v) is 6.21. The number of ether oxygens (including phenoxy) is 1. The standard InChI is InChI=1S/C21H24N4O2/c1-5-25(6-2)20-10-7-16(13-22-20)24-21(26)18-12-15-11-17(27-4)8-9-19(15)23-14(18)3/h7-13H,5-6H2,1-4H3,(H,24,26). The maximum absolute atomic E-state index is 12.7. The molecule has 0 spiro atoms. The van der Waals surface area contributed by atoms with E-state index < -0.39 is 0 Å². The number of hydrogen-bond donors (Lipinski definition) is 1. The van der Waals surface area contributed by atoms with Gasteiger partial charge in [-0.25, -0.2) is 4.98 Å². The summed E-state index contributed by atoms with van der Waals surface area (Å²) in [5, 5.41) is 3.76. The minimum absolute atomic E-state index is 0.206. The summed E-state index contributed by atoms with van der Waals surface area (Å²) in [4.78, 5) is 23.9. The van der Waals surface area contributed by atoms with E-state index in [0.29, 0.717) is 16.9 Å². The lowest BCUT2D eigenvalue weighted by Crippen LogP contribution is -2.23. The Labute approximate surface area is 159 Å². The number of carbonyl (C=O) groups is 1. The molecule has 27 heavy (non-hydrogen) atoms. The predicted molar refractivity (Wildman–Crippen MR) is 109 cm³/mol. The molecule has 0 unspecified atom stereocenters. The van der Waals surface area contributed by atoms with Crippen molar-refractivity contribution >= 4 is 28.3 Å². The van der Waals surface area contributed by atoms with E-state index in [4.69, 9.17) is 4.74 Å². The molecule has 2 heterocycles. The molecule has 0 aliphatic rings. The maximum Gasteiger partial charge on any atom is 0.257 e. The third kappa shape index (κ3) is 4.00. The van der Waals surface area contributed by atoms with Crippen LogP contribution in [-0.2, 0) is 0 Å². The molecule has 1 amide bonds. The van der Waals surface area contributed by atoms with Crippen LogP contribution in [0.15, 0.2) is 42.6 Å². The van der Waals surface area contributed by atoms with E-state index >= 15 is 0 Å². The van der Waals surface area contributed by atoms with E-state index in [1.165, 1.54) is 0 Å². The number of nitrogens with one attached hydrogen (secondary N) is 1. The van der Waals surface area contributed by atoms with Gasteiger partial charge in [0.15, 0.2) is 0 Å². The van der Waals surface area contributed by atoms with Gasteiger partial charge in [-0.15, -0.1) is 0 Å². The van der Waals surface area contributed by atoms with E-state index in [1.54, 1.807) is 13.3 Å². The van der Waals surface area contributed by atoms with Gasteiger partial charge < -0.3 is 15.0 Å². The molecule has 0 atom stereocenters.